The zero-order valence-corrected chi connectivity index (χ0v) is 15.0. The van der Waals surface area contributed by atoms with Crippen molar-refractivity contribution in [2.75, 3.05) is 43.5 Å². The van der Waals surface area contributed by atoms with Crippen LogP contribution in [-0.2, 0) is 10.5 Å². The Hall–Kier alpha value is -2.05. The fourth-order valence-corrected chi connectivity index (χ4v) is 3.47. The largest absolute Gasteiger partial charge is 0.378 e. The number of hydrogen-bond donors (Lipinski definition) is 1. The van der Waals surface area contributed by atoms with Crippen molar-refractivity contribution >= 4 is 23.4 Å². The summed E-state index contributed by atoms with van der Waals surface area (Å²) < 4.78 is 5.37. The maximum absolute atomic E-state index is 12.3. The number of morpholine rings is 1. The van der Waals surface area contributed by atoms with E-state index in [1.165, 1.54) is 5.56 Å². The number of anilines is 1. The van der Waals surface area contributed by atoms with Gasteiger partial charge in [-0.2, -0.15) is 11.8 Å². The third kappa shape index (κ3) is 5.47. The Kier molecular flexibility index (Phi) is 6.71. The molecule has 1 fully saturated rings. The van der Waals surface area contributed by atoms with Gasteiger partial charge in [0.2, 0.25) is 0 Å². The quantitative estimate of drug-likeness (QED) is 0.772. The van der Waals surface area contributed by atoms with Crippen molar-refractivity contribution in [3.63, 3.8) is 0 Å². The number of rotatable bonds is 7. The zero-order chi connectivity index (χ0) is 17.3. The topological polar surface area (TPSA) is 54.5 Å². The lowest BCUT2D eigenvalue weighted by atomic mass is 10.2. The van der Waals surface area contributed by atoms with Gasteiger partial charge in [0.1, 0.15) is 5.69 Å². The summed E-state index contributed by atoms with van der Waals surface area (Å²) in [6.07, 6.45) is 1.70. The Bertz CT molecular complexity index is 675. The van der Waals surface area contributed by atoms with E-state index in [0.29, 0.717) is 12.2 Å². The lowest BCUT2D eigenvalue weighted by Gasteiger charge is -2.28. The van der Waals surface area contributed by atoms with Crippen LogP contribution in [0.5, 0.6) is 0 Å². The highest BCUT2D eigenvalue weighted by Crippen LogP contribution is 2.16. The van der Waals surface area contributed by atoms with E-state index in [1.807, 2.05) is 42.1 Å². The molecule has 0 radical (unpaired) electrons. The smallest absolute Gasteiger partial charge is 0.269 e. The molecule has 0 spiro atoms. The van der Waals surface area contributed by atoms with E-state index in [0.717, 1.165) is 43.5 Å². The first-order valence-corrected chi connectivity index (χ1v) is 9.67. The Morgan fingerprint density at radius 2 is 2.00 bits per heavy atom. The van der Waals surface area contributed by atoms with Crippen LogP contribution in [0.3, 0.4) is 0 Å². The molecule has 2 heterocycles. The molecule has 0 saturated carbocycles. The Morgan fingerprint density at radius 3 is 2.80 bits per heavy atom. The summed E-state index contributed by atoms with van der Waals surface area (Å²) in [5, 5.41) is 2.95. The number of thioether (sulfide) groups is 1. The molecule has 3 rings (SSSR count). The van der Waals surface area contributed by atoms with Gasteiger partial charge in [-0.1, -0.05) is 30.3 Å². The van der Waals surface area contributed by atoms with Gasteiger partial charge in [0, 0.05) is 43.0 Å². The van der Waals surface area contributed by atoms with Gasteiger partial charge in [0.15, 0.2) is 0 Å². The van der Waals surface area contributed by atoms with E-state index < -0.39 is 0 Å². The molecule has 2 aromatic rings. The fourth-order valence-electron chi connectivity index (χ4n) is 2.65. The molecule has 0 aliphatic carbocycles. The summed E-state index contributed by atoms with van der Waals surface area (Å²) in [7, 11) is 0. The number of aromatic nitrogens is 1. The summed E-state index contributed by atoms with van der Waals surface area (Å²) >= 11 is 1.81. The van der Waals surface area contributed by atoms with Crippen LogP contribution in [0.4, 0.5) is 5.69 Å². The number of benzene rings is 1. The number of amides is 1. The number of ether oxygens (including phenoxy) is 1. The van der Waals surface area contributed by atoms with Crippen molar-refractivity contribution in [2.24, 2.45) is 0 Å². The molecule has 0 bridgehead atoms. The minimum Gasteiger partial charge on any atom is -0.378 e. The normalized spacial score (nSPS) is 14.3. The molecule has 1 aliphatic heterocycles. The van der Waals surface area contributed by atoms with Gasteiger partial charge < -0.3 is 15.0 Å². The van der Waals surface area contributed by atoms with Crippen LogP contribution in [0.25, 0.3) is 0 Å². The molecule has 5 nitrogen and oxygen atoms in total. The van der Waals surface area contributed by atoms with Gasteiger partial charge in [-0.15, -0.1) is 0 Å². The van der Waals surface area contributed by atoms with E-state index in [2.05, 4.69) is 27.3 Å². The first-order valence-electron chi connectivity index (χ1n) is 8.51. The van der Waals surface area contributed by atoms with Crippen LogP contribution in [0.15, 0.2) is 48.7 Å². The summed E-state index contributed by atoms with van der Waals surface area (Å²) in [5.41, 5.74) is 2.80. The number of carbonyl (C=O) groups is 1. The lowest BCUT2D eigenvalue weighted by molar-refractivity contribution is 0.0951. The van der Waals surface area contributed by atoms with Crippen LogP contribution < -0.4 is 10.2 Å². The molecule has 25 heavy (non-hydrogen) atoms. The van der Waals surface area contributed by atoms with E-state index in [-0.39, 0.29) is 5.91 Å². The van der Waals surface area contributed by atoms with Gasteiger partial charge in [-0.25, -0.2) is 0 Å². The third-order valence-corrected chi connectivity index (χ3v) is 5.03. The van der Waals surface area contributed by atoms with Crippen molar-refractivity contribution in [3.05, 3.63) is 59.9 Å². The maximum atomic E-state index is 12.3. The molecule has 1 aromatic heterocycles. The molecule has 1 N–H and O–H groups in total. The lowest BCUT2D eigenvalue weighted by Crippen LogP contribution is -2.36. The minimum absolute atomic E-state index is 0.115. The highest BCUT2D eigenvalue weighted by molar-refractivity contribution is 7.98. The molecule has 1 amide bonds. The number of carbonyl (C=O) groups excluding carboxylic acids is 1. The molecule has 0 unspecified atom stereocenters. The second-order valence-electron chi connectivity index (χ2n) is 5.79. The SMILES string of the molecule is O=C(NCCSCc1ccccc1)c1cc(N2CCOCC2)ccn1. The van der Waals surface area contributed by atoms with Crippen LogP contribution in [0.1, 0.15) is 16.1 Å². The van der Waals surface area contributed by atoms with Crippen molar-refractivity contribution in [1.82, 2.24) is 10.3 Å². The van der Waals surface area contributed by atoms with Gasteiger partial charge in [0.25, 0.3) is 5.91 Å². The number of nitrogens with zero attached hydrogens (tertiary/aromatic N) is 2. The van der Waals surface area contributed by atoms with Crippen LogP contribution in [-0.4, -0.2) is 49.5 Å². The second kappa shape index (κ2) is 9.44. The standard InChI is InChI=1S/C19H23N3O2S/c23-19(21-8-13-25-15-16-4-2-1-3-5-16)18-14-17(6-7-20-18)22-9-11-24-12-10-22/h1-7,14H,8-13,15H2,(H,21,23). The zero-order valence-electron chi connectivity index (χ0n) is 14.2. The van der Waals surface area contributed by atoms with Crippen LogP contribution in [0, 0.1) is 0 Å². The van der Waals surface area contributed by atoms with Gasteiger partial charge in [0.05, 0.1) is 13.2 Å². The monoisotopic (exact) mass is 357 g/mol. The average Bonchev–Trinajstić information content (AvgIpc) is 2.69. The number of hydrogen-bond acceptors (Lipinski definition) is 5. The molecule has 132 valence electrons. The Balaban J connectivity index is 1.43. The van der Waals surface area contributed by atoms with Crippen LogP contribution in [0.2, 0.25) is 0 Å². The van der Waals surface area contributed by atoms with Crippen molar-refractivity contribution < 1.29 is 9.53 Å². The van der Waals surface area contributed by atoms with E-state index in [1.54, 1.807) is 6.20 Å². The molecule has 0 atom stereocenters. The summed E-state index contributed by atoms with van der Waals surface area (Å²) in [6.45, 7) is 3.78. The summed E-state index contributed by atoms with van der Waals surface area (Å²) in [6, 6.07) is 14.1. The van der Waals surface area contributed by atoms with Crippen molar-refractivity contribution in [3.8, 4) is 0 Å². The molecular formula is C19H23N3O2S. The van der Waals surface area contributed by atoms with Crippen molar-refractivity contribution in [1.29, 1.82) is 0 Å². The minimum atomic E-state index is -0.115. The van der Waals surface area contributed by atoms with Crippen molar-refractivity contribution in [2.45, 2.75) is 5.75 Å². The first-order chi connectivity index (χ1) is 12.3. The fraction of sp³-hybridized carbons (Fsp3) is 0.368. The van der Waals surface area contributed by atoms with Crippen LogP contribution >= 0.6 is 11.8 Å². The molecule has 1 aliphatic rings. The predicted octanol–water partition coefficient (Wildman–Crippen LogP) is 2.58. The van der Waals surface area contributed by atoms with E-state index >= 15 is 0 Å². The molecule has 1 saturated heterocycles. The molecule has 1 aromatic carbocycles. The van der Waals surface area contributed by atoms with E-state index in [4.69, 9.17) is 4.74 Å². The predicted molar refractivity (Wildman–Crippen MR) is 102 cm³/mol. The summed E-state index contributed by atoms with van der Waals surface area (Å²) in [5.74, 6) is 1.72. The van der Waals surface area contributed by atoms with Gasteiger partial charge in [-0.3, -0.25) is 9.78 Å². The highest BCUT2D eigenvalue weighted by atomic mass is 32.2. The highest BCUT2D eigenvalue weighted by Gasteiger charge is 2.14. The maximum Gasteiger partial charge on any atom is 0.269 e. The first kappa shape index (κ1) is 17.8. The summed E-state index contributed by atoms with van der Waals surface area (Å²) in [4.78, 5) is 18.7. The Morgan fingerprint density at radius 1 is 1.20 bits per heavy atom. The molecular weight excluding hydrogens is 334 g/mol. The van der Waals surface area contributed by atoms with E-state index in [9.17, 15) is 4.79 Å². The third-order valence-electron chi connectivity index (χ3n) is 4.00. The second-order valence-corrected chi connectivity index (χ2v) is 6.90. The average molecular weight is 357 g/mol. The van der Waals surface area contributed by atoms with Gasteiger partial charge >= 0.3 is 0 Å². The number of nitrogens with one attached hydrogen (secondary N) is 1. The Labute approximate surface area is 152 Å². The van der Waals surface area contributed by atoms with Gasteiger partial charge in [-0.05, 0) is 17.7 Å². The number of pyridine rings is 1. The molecule has 6 heteroatoms.